The number of halogens is 2. The molecule has 3 fully saturated rings. The number of amides is 1. The van der Waals surface area contributed by atoms with Gasteiger partial charge in [0.05, 0.1) is 15.7 Å². The van der Waals surface area contributed by atoms with Gasteiger partial charge in [-0.25, -0.2) is 4.79 Å². The second-order valence-electron chi connectivity index (χ2n) is 13.1. The van der Waals surface area contributed by atoms with E-state index >= 15 is 0 Å². The van der Waals surface area contributed by atoms with Crippen molar-refractivity contribution < 1.29 is 9.53 Å². The summed E-state index contributed by atoms with van der Waals surface area (Å²) in [5, 5.41) is 1.30. The molecular weight excluding hydrogens is 481 g/mol. The minimum absolute atomic E-state index is 0.173. The number of nitrogens with zero attached hydrogens (tertiary/aromatic N) is 3. The second-order valence-corrected chi connectivity index (χ2v) is 13.9. The number of hydrogen-bond acceptors (Lipinski definition) is 4. The van der Waals surface area contributed by atoms with Crippen molar-refractivity contribution in [3.05, 3.63) is 28.2 Å². The maximum absolute atomic E-state index is 13.0. The molecule has 0 atom stereocenters. The van der Waals surface area contributed by atoms with Crippen molar-refractivity contribution in [2.45, 2.75) is 90.8 Å². The molecule has 1 spiro atoms. The average Bonchev–Trinajstić information content (AvgIpc) is 2.67. The first-order valence-electron chi connectivity index (χ1n) is 13.2. The molecule has 1 aliphatic carbocycles. The summed E-state index contributed by atoms with van der Waals surface area (Å²) in [6, 6.07) is 6.16. The minimum Gasteiger partial charge on any atom is -0.444 e. The normalized spacial score (nSPS) is 24.6. The van der Waals surface area contributed by atoms with Gasteiger partial charge in [0.25, 0.3) is 0 Å². The Bertz CT molecular complexity index is 902. The fraction of sp³-hybridized carbons (Fsp3) is 0.750. The van der Waals surface area contributed by atoms with E-state index in [9.17, 15) is 4.79 Å². The zero-order valence-corrected chi connectivity index (χ0v) is 23.9. The summed E-state index contributed by atoms with van der Waals surface area (Å²) in [7, 11) is 0. The Kier molecular flexibility index (Phi) is 7.64. The van der Waals surface area contributed by atoms with Crippen molar-refractivity contribution >= 4 is 35.0 Å². The van der Waals surface area contributed by atoms with Crippen LogP contribution in [0.5, 0.6) is 0 Å². The van der Waals surface area contributed by atoms with Crippen molar-refractivity contribution in [3.63, 3.8) is 0 Å². The van der Waals surface area contributed by atoms with E-state index < -0.39 is 5.60 Å². The Hall–Kier alpha value is -1.17. The first kappa shape index (κ1) is 26.9. The fourth-order valence-electron chi connectivity index (χ4n) is 6.27. The Morgan fingerprint density at radius 1 is 1.03 bits per heavy atom. The molecule has 1 saturated carbocycles. The van der Waals surface area contributed by atoms with Crippen molar-refractivity contribution in [1.29, 1.82) is 0 Å². The maximum atomic E-state index is 13.0. The Morgan fingerprint density at radius 2 is 1.66 bits per heavy atom. The number of benzene rings is 1. The molecule has 2 heterocycles. The molecule has 0 N–H and O–H groups in total. The summed E-state index contributed by atoms with van der Waals surface area (Å²) in [5.41, 5.74) is 0.794. The lowest BCUT2D eigenvalue weighted by atomic mass is 9.72. The highest BCUT2D eigenvalue weighted by atomic mass is 35.5. The maximum Gasteiger partial charge on any atom is 0.410 e. The van der Waals surface area contributed by atoms with Crippen LogP contribution in [-0.2, 0) is 4.74 Å². The number of hydrogen-bond donors (Lipinski definition) is 0. The largest absolute Gasteiger partial charge is 0.444 e. The van der Waals surface area contributed by atoms with Gasteiger partial charge in [-0.1, -0.05) is 29.3 Å². The molecule has 196 valence electrons. The van der Waals surface area contributed by atoms with Crippen LogP contribution in [0.4, 0.5) is 10.5 Å². The molecular formula is C28H43Cl2N3O2. The van der Waals surface area contributed by atoms with E-state index in [1.54, 1.807) is 0 Å². The van der Waals surface area contributed by atoms with Gasteiger partial charge in [-0.3, -0.25) is 0 Å². The van der Waals surface area contributed by atoms with Gasteiger partial charge in [0, 0.05) is 43.2 Å². The van der Waals surface area contributed by atoms with Crippen LogP contribution in [0.2, 0.25) is 10.0 Å². The summed E-state index contributed by atoms with van der Waals surface area (Å²) >= 11 is 12.6. The van der Waals surface area contributed by atoms with Gasteiger partial charge < -0.3 is 19.4 Å². The number of anilines is 1. The molecule has 0 unspecified atom stereocenters. The first-order chi connectivity index (χ1) is 16.3. The standard InChI is InChI=1S/C28H43Cl2N3O2/c1-26(2,3)33(25(34)35-27(4,5)6)21-12-10-20(11-13-21)14-15-31-16-28(17-31)18-32(19-28)23-9-7-8-22(29)24(23)30/h7-9,20-21H,10-19H2,1-6H3. The van der Waals surface area contributed by atoms with E-state index in [-0.39, 0.29) is 17.7 Å². The van der Waals surface area contributed by atoms with Gasteiger partial charge in [-0.05, 0) is 98.2 Å². The molecule has 4 rings (SSSR count). The predicted molar refractivity (Wildman–Crippen MR) is 146 cm³/mol. The Balaban J connectivity index is 1.19. The monoisotopic (exact) mass is 523 g/mol. The van der Waals surface area contributed by atoms with Crippen LogP contribution >= 0.6 is 23.2 Å². The molecule has 2 saturated heterocycles. The summed E-state index contributed by atoms with van der Waals surface area (Å²) in [6.07, 6.45) is 5.61. The molecule has 5 nitrogen and oxygen atoms in total. The van der Waals surface area contributed by atoms with Gasteiger partial charge in [0.15, 0.2) is 0 Å². The lowest BCUT2D eigenvalue weighted by Crippen LogP contribution is -2.72. The van der Waals surface area contributed by atoms with Crippen LogP contribution in [0.1, 0.15) is 73.6 Å². The zero-order valence-electron chi connectivity index (χ0n) is 22.4. The van der Waals surface area contributed by atoms with Gasteiger partial charge in [0.1, 0.15) is 5.60 Å². The number of rotatable bonds is 5. The Labute approximate surface area is 222 Å². The van der Waals surface area contributed by atoms with E-state index in [1.807, 2.05) is 37.8 Å². The third-order valence-electron chi connectivity index (χ3n) is 7.79. The van der Waals surface area contributed by atoms with Gasteiger partial charge in [-0.15, -0.1) is 0 Å². The van der Waals surface area contributed by atoms with Crippen LogP contribution in [-0.4, -0.2) is 65.8 Å². The van der Waals surface area contributed by atoms with E-state index in [4.69, 9.17) is 27.9 Å². The number of likely N-dealkylation sites (tertiary alicyclic amines) is 1. The average molecular weight is 525 g/mol. The molecule has 1 amide bonds. The van der Waals surface area contributed by atoms with Crippen LogP contribution in [0.3, 0.4) is 0 Å². The van der Waals surface area contributed by atoms with E-state index in [0.717, 1.165) is 37.5 Å². The van der Waals surface area contributed by atoms with Crippen molar-refractivity contribution in [3.8, 4) is 0 Å². The first-order valence-corrected chi connectivity index (χ1v) is 14.0. The smallest absolute Gasteiger partial charge is 0.410 e. The molecule has 3 aliphatic rings. The molecule has 1 aromatic carbocycles. The highest BCUT2D eigenvalue weighted by Gasteiger charge is 2.51. The summed E-state index contributed by atoms with van der Waals surface area (Å²) < 4.78 is 5.75. The van der Waals surface area contributed by atoms with Crippen LogP contribution < -0.4 is 4.90 Å². The molecule has 2 aliphatic heterocycles. The topological polar surface area (TPSA) is 36.0 Å². The van der Waals surface area contributed by atoms with E-state index in [2.05, 4.69) is 36.6 Å². The van der Waals surface area contributed by atoms with Gasteiger partial charge >= 0.3 is 6.09 Å². The number of carbonyl (C=O) groups is 1. The Morgan fingerprint density at radius 3 is 2.23 bits per heavy atom. The molecule has 35 heavy (non-hydrogen) atoms. The minimum atomic E-state index is -0.468. The highest BCUT2D eigenvalue weighted by molar-refractivity contribution is 6.43. The predicted octanol–water partition coefficient (Wildman–Crippen LogP) is 7.10. The van der Waals surface area contributed by atoms with Gasteiger partial charge in [0.2, 0.25) is 0 Å². The second kappa shape index (κ2) is 9.95. The third-order valence-corrected chi connectivity index (χ3v) is 8.60. The summed E-state index contributed by atoms with van der Waals surface area (Å²) in [5.74, 6) is 0.756. The van der Waals surface area contributed by atoms with E-state index in [1.165, 1.54) is 38.9 Å². The molecule has 0 bridgehead atoms. The molecule has 7 heteroatoms. The highest BCUT2D eigenvalue weighted by Crippen LogP contribution is 2.45. The third kappa shape index (κ3) is 6.22. The van der Waals surface area contributed by atoms with Crippen molar-refractivity contribution in [1.82, 2.24) is 9.80 Å². The van der Waals surface area contributed by atoms with Gasteiger partial charge in [-0.2, -0.15) is 0 Å². The SMILES string of the molecule is CC(C)(C)OC(=O)N(C1CCC(CCN2CC3(C2)CN(c2cccc(Cl)c2Cl)C3)CC1)C(C)(C)C. The molecule has 1 aromatic rings. The summed E-state index contributed by atoms with van der Waals surface area (Å²) in [4.78, 5) is 19.9. The van der Waals surface area contributed by atoms with Crippen LogP contribution in [0, 0.1) is 11.3 Å². The van der Waals surface area contributed by atoms with E-state index in [0.29, 0.717) is 15.5 Å². The lowest BCUT2D eigenvalue weighted by Gasteiger charge is -2.61. The summed E-state index contributed by atoms with van der Waals surface area (Å²) in [6.45, 7) is 17.9. The van der Waals surface area contributed by atoms with Crippen LogP contribution in [0.25, 0.3) is 0 Å². The fourth-order valence-corrected chi connectivity index (χ4v) is 6.68. The molecule has 0 radical (unpaired) electrons. The van der Waals surface area contributed by atoms with Crippen molar-refractivity contribution in [2.75, 3.05) is 37.6 Å². The molecule has 0 aromatic heterocycles. The quantitative estimate of drug-likeness (QED) is 0.412. The number of ether oxygens (including phenoxy) is 1. The lowest BCUT2D eigenvalue weighted by molar-refractivity contribution is -0.0284. The van der Waals surface area contributed by atoms with Crippen LogP contribution in [0.15, 0.2) is 18.2 Å². The van der Waals surface area contributed by atoms with Crippen molar-refractivity contribution in [2.24, 2.45) is 11.3 Å². The zero-order chi connectivity index (χ0) is 25.6. The number of carbonyl (C=O) groups excluding carboxylic acids is 1.